The van der Waals surface area contributed by atoms with Crippen molar-refractivity contribution in [1.82, 2.24) is 10.2 Å². The number of hydrogen-bond acceptors (Lipinski definition) is 3. The summed E-state index contributed by atoms with van der Waals surface area (Å²) in [5.74, 6) is 0.0571. The number of halogens is 2. The minimum absolute atomic E-state index is 0. The van der Waals surface area contributed by atoms with Crippen molar-refractivity contribution in [2.45, 2.75) is 0 Å². The fourth-order valence-corrected chi connectivity index (χ4v) is 0.611. The van der Waals surface area contributed by atoms with Crippen molar-refractivity contribution in [2.75, 3.05) is 11.2 Å². The average Bonchev–Trinajstić information content (AvgIpc) is 2.06. The third-order valence-corrected chi connectivity index (χ3v) is 1.20. The fourth-order valence-electron chi connectivity index (χ4n) is 0.544. The highest BCUT2D eigenvalue weighted by Crippen LogP contribution is 1.97. The van der Waals surface area contributed by atoms with E-state index in [2.05, 4.69) is 15.5 Å². The summed E-state index contributed by atoms with van der Waals surface area (Å²) in [6, 6.07) is 3.31. The zero-order valence-corrected chi connectivity index (χ0v) is 7.60. The second-order valence-electron chi connectivity index (χ2n) is 1.79. The first-order valence-corrected chi connectivity index (χ1v) is 3.50. The number of nitrogens with one attached hydrogen (secondary N) is 1. The molecule has 0 spiro atoms. The minimum Gasteiger partial charge on any atom is -0.308 e. The summed E-state index contributed by atoms with van der Waals surface area (Å²) < 4.78 is 0. The summed E-state index contributed by atoms with van der Waals surface area (Å²) in [6.07, 6.45) is 1.52. The number of carbonyl (C=O) groups is 1. The Kier molecular flexibility index (Phi) is 5.32. The molecule has 0 fully saturated rings. The van der Waals surface area contributed by atoms with Crippen molar-refractivity contribution in [3.63, 3.8) is 0 Å². The Morgan fingerprint density at radius 1 is 1.67 bits per heavy atom. The number of aromatic nitrogens is 2. The molecule has 0 aliphatic rings. The molecule has 0 aliphatic carbocycles. The highest BCUT2D eigenvalue weighted by atomic mass is 35.5. The standard InChI is InChI=1S/C6H6ClN3O.ClH/c7-4-6(11)9-5-2-1-3-8-10-5;/h1-3H,4H2,(H,9,10,11);1H. The smallest absolute Gasteiger partial charge is 0.240 e. The number of hydrogen-bond donors (Lipinski definition) is 1. The van der Waals surface area contributed by atoms with Gasteiger partial charge in [-0.2, -0.15) is 5.10 Å². The Balaban J connectivity index is 0.00000121. The van der Waals surface area contributed by atoms with Crippen LogP contribution in [0.15, 0.2) is 18.3 Å². The van der Waals surface area contributed by atoms with Gasteiger partial charge in [-0.25, -0.2) is 0 Å². The van der Waals surface area contributed by atoms with Crippen molar-refractivity contribution < 1.29 is 4.79 Å². The molecule has 1 aromatic rings. The molecule has 12 heavy (non-hydrogen) atoms. The third kappa shape index (κ3) is 3.50. The van der Waals surface area contributed by atoms with Gasteiger partial charge in [-0.05, 0) is 12.1 Å². The van der Waals surface area contributed by atoms with E-state index in [1.54, 1.807) is 12.1 Å². The van der Waals surface area contributed by atoms with Crippen LogP contribution in [0.1, 0.15) is 0 Å². The van der Waals surface area contributed by atoms with Crippen LogP contribution in [-0.4, -0.2) is 22.0 Å². The first kappa shape index (κ1) is 11.1. The predicted molar refractivity (Wildman–Crippen MR) is 48.6 cm³/mol. The number of carbonyl (C=O) groups excluding carboxylic acids is 1. The Bertz CT molecular complexity index is 242. The van der Waals surface area contributed by atoms with Gasteiger partial charge in [0.15, 0.2) is 5.82 Å². The molecule has 0 aliphatic heterocycles. The second-order valence-corrected chi connectivity index (χ2v) is 2.06. The summed E-state index contributed by atoms with van der Waals surface area (Å²) in [5, 5.41) is 9.64. The van der Waals surface area contributed by atoms with Crippen LogP contribution in [0.2, 0.25) is 0 Å². The number of alkyl halides is 1. The summed E-state index contributed by atoms with van der Waals surface area (Å²) in [7, 11) is 0. The van der Waals surface area contributed by atoms with E-state index < -0.39 is 0 Å². The Hall–Kier alpha value is -0.870. The number of anilines is 1. The fraction of sp³-hybridized carbons (Fsp3) is 0.167. The predicted octanol–water partition coefficient (Wildman–Crippen LogP) is 1.08. The van der Waals surface area contributed by atoms with E-state index in [1.165, 1.54) is 6.20 Å². The molecule has 1 rings (SSSR count). The molecule has 0 radical (unpaired) electrons. The van der Waals surface area contributed by atoms with E-state index in [1.807, 2.05) is 0 Å². The second kappa shape index (κ2) is 5.74. The van der Waals surface area contributed by atoms with Crippen LogP contribution in [0, 0.1) is 0 Å². The number of rotatable bonds is 2. The molecule has 0 unspecified atom stereocenters. The zero-order chi connectivity index (χ0) is 8.10. The third-order valence-electron chi connectivity index (χ3n) is 0.961. The van der Waals surface area contributed by atoms with Crippen LogP contribution >= 0.6 is 24.0 Å². The molecule has 6 heteroatoms. The summed E-state index contributed by atoms with van der Waals surface area (Å²) in [5.41, 5.74) is 0. The van der Waals surface area contributed by atoms with Crippen LogP contribution in [0.4, 0.5) is 5.82 Å². The molecule has 4 nitrogen and oxygen atoms in total. The van der Waals surface area contributed by atoms with E-state index in [0.717, 1.165) is 0 Å². The minimum atomic E-state index is -0.285. The monoisotopic (exact) mass is 207 g/mol. The van der Waals surface area contributed by atoms with E-state index in [0.29, 0.717) is 5.82 Å². The lowest BCUT2D eigenvalue weighted by Gasteiger charge is -1.97. The quantitative estimate of drug-likeness (QED) is 0.739. The molecular formula is C6H7Cl2N3O. The van der Waals surface area contributed by atoms with Gasteiger partial charge in [-0.3, -0.25) is 4.79 Å². The summed E-state index contributed by atoms with van der Waals surface area (Å²) in [6.45, 7) is 0. The Morgan fingerprint density at radius 3 is 2.92 bits per heavy atom. The molecule has 66 valence electrons. The van der Waals surface area contributed by atoms with Crippen molar-refractivity contribution in [3.8, 4) is 0 Å². The average molecular weight is 208 g/mol. The normalized spacial score (nSPS) is 8.42. The van der Waals surface area contributed by atoms with E-state index in [-0.39, 0.29) is 24.2 Å². The highest BCUT2D eigenvalue weighted by molar-refractivity contribution is 6.28. The molecule has 0 saturated heterocycles. The van der Waals surface area contributed by atoms with Crippen LogP contribution in [0.25, 0.3) is 0 Å². The first-order valence-electron chi connectivity index (χ1n) is 2.96. The Morgan fingerprint density at radius 2 is 2.42 bits per heavy atom. The van der Waals surface area contributed by atoms with Gasteiger partial charge in [0.05, 0.1) is 0 Å². The van der Waals surface area contributed by atoms with Gasteiger partial charge in [0, 0.05) is 6.20 Å². The zero-order valence-electron chi connectivity index (χ0n) is 6.03. The number of nitrogens with zero attached hydrogens (tertiary/aromatic N) is 2. The van der Waals surface area contributed by atoms with Gasteiger partial charge in [0.25, 0.3) is 0 Å². The van der Waals surface area contributed by atoms with Gasteiger partial charge < -0.3 is 5.32 Å². The van der Waals surface area contributed by atoms with Crippen molar-refractivity contribution in [2.24, 2.45) is 0 Å². The first-order chi connectivity index (χ1) is 5.33. The van der Waals surface area contributed by atoms with Crippen LogP contribution in [-0.2, 0) is 4.79 Å². The van der Waals surface area contributed by atoms with E-state index >= 15 is 0 Å². The van der Waals surface area contributed by atoms with Crippen LogP contribution in [0.5, 0.6) is 0 Å². The maximum atomic E-state index is 10.7. The molecule has 0 aromatic carbocycles. The lowest BCUT2D eigenvalue weighted by atomic mass is 10.5. The summed E-state index contributed by atoms with van der Waals surface area (Å²) in [4.78, 5) is 10.7. The van der Waals surface area contributed by atoms with Gasteiger partial charge >= 0.3 is 0 Å². The number of amides is 1. The SMILES string of the molecule is Cl.O=C(CCl)Nc1cccnn1. The molecule has 0 bridgehead atoms. The topological polar surface area (TPSA) is 54.9 Å². The van der Waals surface area contributed by atoms with Crippen LogP contribution < -0.4 is 5.32 Å². The molecule has 0 saturated carbocycles. The maximum Gasteiger partial charge on any atom is 0.240 e. The van der Waals surface area contributed by atoms with Gasteiger partial charge in [0.2, 0.25) is 5.91 Å². The highest BCUT2D eigenvalue weighted by Gasteiger charge is 1.98. The molecule has 1 N–H and O–H groups in total. The van der Waals surface area contributed by atoms with E-state index in [4.69, 9.17) is 11.6 Å². The van der Waals surface area contributed by atoms with Crippen molar-refractivity contribution in [1.29, 1.82) is 0 Å². The van der Waals surface area contributed by atoms with Crippen molar-refractivity contribution in [3.05, 3.63) is 18.3 Å². The molecule has 1 amide bonds. The van der Waals surface area contributed by atoms with Gasteiger partial charge in [-0.1, -0.05) is 0 Å². The lowest BCUT2D eigenvalue weighted by molar-refractivity contribution is -0.113. The molecular weight excluding hydrogens is 201 g/mol. The van der Waals surface area contributed by atoms with Gasteiger partial charge in [0.1, 0.15) is 5.88 Å². The van der Waals surface area contributed by atoms with Gasteiger partial charge in [-0.15, -0.1) is 29.1 Å². The van der Waals surface area contributed by atoms with Crippen molar-refractivity contribution >= 4 is 35.7 Å². The molecule has 0 atom stereocenters. The summed E-state index contributed by atoms with van der Waals surface area (Å²) >= 11 is 5.24. The largest absolute Gasteiger partial charge is 0.308 e. The maximum absolute atomic E-state index is 10.7. The molecule has 1 aromatic heterocycles. The van der Waals surface area contributed by atoms with Crippen LogP contribution in [0.3, 0.4) is 0 Å². The molecule has 1 heterocycles. The van der Waals surface area contributed by atoms with E-state index in [9.17, 15) is 4.79 Å². The Labute approximate surface area is 80.7 Å². The lowest BCUT2D eigenvalue weighted by Crippen LogP contribution is -2.13.